The Morgan fingerprint density at radius 3 is 2.14 bits per heavy atom. The molecule has 1 saturated heterocycles. The molecule has 2 aliphatic rings. The first-order valence-electron chi connectivity index (χ1n) is 8.63. The summed E-state index contributed by atoms with van der Waals surface area (Å²) in [6.45, 7) is 7.07. The number of piperidine rings is 1. The summed E-state index contributed by atoms with van der Waals surface area (Å²) < 4.78 is 5.28. The Balaban J connectivity index is 1.73. The molecule has 0 atom stereocenters. The highest BCUT2D eigenvalue weighted by molar-refractivity contribution is 5.79. The SMILES string of the molecule is CC(C)(C)OC(=O)NC1CCN(C(=O)C2CCCCC2)CC1. The van der Waals surface area contributed by atoms with Crippen molar-refractivity contribution < 1.29 is 14.3 Å². The Morgan fingerprint density at radius 2 is 1.59 bits per heavy atom. The molecule has 2 rings (SSSR count). The predicted octanol–water partition coefficient (Wildman–Crippen LogP) is 3.08. The van der Waals surface area contributed by atoms with Crippen LogP contribution in [0.5, 0.6) is 0 Å². The number of nitrogens with one attached hydrogen (secondary N) is 1. The topological polar surface area (TPSA) is 58.6 Å². The quantitative estimate of drug-likeness (QED) is 0.852. The minimum absolute atomic E-state index is 0.116. The van der Waals surface area contributed by atoms with E-state index in [1.165, 1.54) is 19.3 Å². The molecule has 22 heavy (non-hydrogen) atoms. The molecule has 1 N–H and O–H groups in total. The van der Waals surface area contributed by atoms with Crippen molar-refractivity contribution in [3.8, 4) is 0 Å². The fourth-order valence-electron chi connectivity index (χ4n) is 3.33. The van der Waals surface area contributed by atoms with Crippen molar-refractivity contribution in [2.45, 2.75) is 77.4 Å². The van der Waals surface area contributed by atoms with E-state index in [4.69, 9.17) is 4.74 Å². The molecule has 0 aromatic carbocycles. The normalized spacial score (nSPS) is 21.5. The third-order valence-electron chi connectivity index (χ3n) is 4.48. The molecule has 1 heterocycles. The van der Waals surface area contributed by atoms with Gasteiger partial charge in [0, 0.05) is 25.0 Å². The van der Waals surface area contributed by atoms with E-state index >= 15 is 0 Å². The minimum atomic E-state index is -0.471. The van der Waals surface area contributed by atoms with E-state index in [-0.39, 0.29) is 18.1 Å². The van der Waals surface area contributed by atoms with Gasteiger partial charge in [-0.05, 0) is 46.5 Å². The molecule has 1 aliphatic carbocycles. The molecule has 1 saturated carbocycles. The Kier molecular flexibility index (Phi) is 5.70. The maximum Gasteiger partial charge on any atom is 0.407 e. The number of carbonyl (C=O) groups is 2. The van der Waals surface area contributed by atoms with Gasteiger partial charge in [0.05, 0.1) is 0 Å². The molecule has 2 fully saturated rings. The van der Waals surface area contributed by atoms with Crippen molar-refractivity contribution in [1.29, 1.82) is 0 Å². The Hall–Kier alpha value is -1.26. The second kappa shape index (κ2) is 7.34. The number of amides is 2. The van der Waals surface area contributed by atoms with Gasteiger partial charge in [-0.15, -0.1) is 0 Å². The number of hydrogen-bond donors (Lipinski definition) is 1. The minimum Gasteiger partial charge on any atom is -0.444 e. The van der Waals surface area contributed by atoms with Crippen molar-refractivity contribution in [1.82, 2.24) is 10.2 Å². The van der Waals surface area contributed by atoms with Crippen molar-refractivity contribution in [2.75, 3.05) is 13.1 Å². The predicted molar refractivity (Wildman–Crippen MR) is 85.5 cm³/mol. The number of alkyl carbamates (subject to hydrolysis) is 1. The smallest absolute Gasteiger partial charge is 0.407 e. The number of rotatable bonds is 2. The summed E-state index contributed by atoms with van der Waals surface area (Å²) in [5.41, 5.74) is -0.471. The first-order valence-corrected chi connectivity index (χ1v) is 8.63. The zero-order valence-electron chi connectivity index (χ0n) is 14.2. The number of hydrogen-bond acceptors (Lipinski definition) is 3. The lowest BCUT2D eigenvalue weighted by atomic mass is 9.87. The van der Waals surface area contributed by atoms with E-state index in [0.29, 0.717) is 5.91 Å². The van der Waals surface area contributed by atoms with Crippen LogP contribution in [0.4, 0.5) is 4.79 Å². The first-order chi connectivity index (χ1) is 10.3. The second-order valence-corrected chi connectivity index (χ2v) is 7.58. The second-order valence-electron chi connectivity index (χ2n) is 7.58. The largest absolute Gasteiger partial charge is 0.444 e. The lowest BCUT2D eigenvalue weighted by Crippen LogP contribution is -2.49. The van der Waals surface area contributed by atoms with Crippen LogP contribution in [0, 0.1) is 5.92 Å². The average Bonchev–Trinajstić information content (AvgIpc) is 2.46. The average molecular weight is 310 g/mol. The molecule has 5 heteroatoms. The van der Waals surface area contributed by atoms with Gasteiger partial charge in [-0.3, -0.25) is 4.79 Å². The summed E-state index contributed by atoms with van der Waals surface area (Å²) in [5, 5.41) is 2.92. The van der Waals surface area contributed by atoms with Gasteiger partial charge in [0.1, 0.15) is 5.60 Å². The monoisotopic (exact) mass is 310 g/mol. The lowest BCUT2D eigenvalue weighted by Gasteiger charge is -2.35. The standard InChI is InChI=1S/C17H30N2O3/c1-17(2,3)22-16(21)18-14-9-11-19(12-10-14)15(20)13-7-5-4-6-8-13/h13-14H,4-12H2,1-3H3,(H,18,21). The highest BCUT2D eigenvalue weighted by Gasteiger charge is 2.30. The van der Waals surface area contributed by atoms with Crippen LogP contribution in [0.1, 0.15) is 65.7 Å². The fourth-order valence-corrected chi connectivity index (χ4v) is 3.33. The maximum atomic E-state index is 12.5. The van der Waals surface area contributed by atoms with Crippen LogP contribution in [-0.2, 0) is 9.53 Å². The summed E-state index contributed by atoms with van der Waals surface area (Å²) in [6.07, 6.45) is 7.02. The zero-order valence-corrected chi connectivity index (χ0v) is 14.2. The Morgan fingerprint density at radius 1 is 1.00 bits per heavy atom. The van der Waals surface area contributed by atoms with Crippen molar-refractivity contribution in [3.63, 3.8) is 0 Å². The molecule has 5 nitrogen and oxygen atoms in total. The molecule has 126 valence electrons. The molecule has 0 unspecified atom stereocenters. The van der Waals surface area contributed by atoms with Crippen LogP contribution in [0.3, 0.4) is 0 Å². The van der Waals surface area contributed by atoms with Gasteiger partial charge in [-0.2, -0.15) is 0 Å². The van der Waals surface area contributed by atoms with Crippen molar-refractivity contribution in [2.24, 2.45) is 5.92 Å². The fraction of sp³-hybridized carbons (Fsp3) is 0.882. The van der Waals surface area contributed by atoms with Gasteiger partial charge in [0.2, 0.25) is 5.91 Å². The maximum absolute atomic E-state index is 12.5. The van der Waals surface area contributed by atoms with Crippen LogP contribution >= 0.6 is 0 Å². The summed E-state index contributed by atoms with van der Waals surface area (Å²) in [7, 11) is 0. The molecule has 1 aliphatic heterocycles. The van der Waals surface area contributed by atoms with Crippen LogP contribution < -0.4 is 5.32 Å². The van der Waals surface area contributed by atoms with Gasteiger partial charge in [0.15, 0.2) is 0 Å². The van der Waals surface area contributed by atoms with Crippen LogP contribution in [0.2, 0.25) is 0 Å². The van der Waals surface area contributed by atoms with E-state index in [0.717, 1.165) is 38.8 Å². The van der Waals surface area contributed by atoms with Gasteiger partial charge in [0.25, 0.3) is 0 Å². The van der Waals surface area contributed by atoms with E-state index in [1.54, 1.807) is 0 Å². The lowest BCUT2D eigenvalue weighted by molar-refractivity contribution is -0.137. The molecule has 2 amide bonds. The first kappa shape index (κ1) is 17.1. The highest BCUT2D eigenvalue weighted by atomic mass is 16.6. The number of likely N-dealkylation sites (tertiary alicyclic amines) is 1. The van der Waals surface area contributed by atoms with E-state index in [1.807, 2.05) is 25.7 Å². The summed E-state index contributed by atoms with van der Waals surface area (Å²) in [5.74, 6) is 0.569. The highest BCUT2D eigenvalue weighted by Crippen LogP contribution is 2.26. The molecule has 0 aromatic rings. The van der Waals surface area contributed by atoms with Crippen LogP contribution in [0.15, 0.2) is 0 Å². The zero-order chi connectivity index (χ0) is 16.2. The molecular formula is C17H30N2O3. The van der Waals surface area contributed by atoms with Crippen molar-refractivity contribution in [3.05, 3.63) is 0 Å². The molecule has 0 radical (unpaired) electrons. The van der Waals surface area contributed by atoms with Gasteiger partial charge in [-0.25, -0.2) is 4.79 Å². The van der Waals surface area contributed by atoms with Gasteiger partial charge in [-0.1, -0.05) is 19.3 Å². The number of carbonyl (C=O) groups excluding carboxylic acids is 2. The van der Waals surface area contributed by atoms with Crippen molar-refractivity contribution >= 4 is 12.0 Å². The molecule has 0 spiro atoms. The summed E-state index contributed by atoms with van der Waals surface area (Å²) >= 11 is 0. The number of nitrogens with zero attached hydrogens (tertiary/aromatic N) is 1. The van der Waals surface area contributed by atoms with E-state index in [9.17, 15) is 9.59 Å². The summed E-state index contributed by atoms with van der Waals surface area (Å²) in [6, 6.07) is 0.116. The number of ether oxygens (including phenoxy) is 1. The molecular weight excluding hydrogens is 280 g/mol. The van der Waals surface area contributed by atoms with E-state index < -0.39 is 5.60 Å². The molecule has 0 bridgehead atoms. The van der Waals surface area contributed by atoms with Crippen LogP contribution in [-0.4, -0.2) is 41.6 Å². The Bertz CT molecular complexity index is 389. The van der Waals surface area contributed by atoms with Gasteiger partial charge < -0.3 is 15.0 Å². The third kappa shape index (κ3) is 5.18. The third-order valence-corrected chi connectivity index (χ3v) is 4.48. The van der Waals surface area contributed by atoms with Crippen LogP contribution in [0.25, 0.3) is 0 Å². The molecule has 0 aromatic heterocycles. The summed E-state index contributed by atoms with van der Waals surface area (Å²) in [4.78, 5) is 26.2. The van der Waals surface area contributed by atoms with Gasteiger partial charge >= 0.3 is 6.09 Å². The Labute approximate surface area is 133 Å². The van der Waals surface area contributed by atoms with E-state index in [2.05, 4.69) is 5.32 Å².